The van der Waals surface area contributed by atoms with E-state index < -0.39 is 0 Å². The summed E-state index contributed by atoms with van der Waals surface area (Å²) in [6.45, 7) is 2.11. The summed E-state index contributed by atoms with van der Waals surface area (Å²) in [5, 5.41) is 11.8. The Hall–Kier alpha value is -2.26. The summed E-state index contributed by atoms with van der Waals surface area (Å²) in [6.07, 6.45) is 2.71. The van der Waals surface area contributed by atoms with Crippen molar-refractivity contribution in [2.24, 2.45) is 0 Å². The van der Waals surface area contributed by atoms with Crippen molar-refractivity contribution in [1.82, 2.24) is 25.4 Å². The predicted octanol–water partition coefficient (Wildman–Crippen LogP) is 2.58. The predicted molar refractivity (Wildman–Crippen MR) is 88.7 cm³/mol. The highest BCUT2D eigenvalue weighted by Gasteiger charge is 2.00. The fraction of sp³-hybridized carbons (Fsp3) is 0.133. The molecule has 0 aliphatic rings. The van der Waals surface area contributed by atoms with Crippen LogP contribution in [0.3, 0.4) is 0 Å². The number of nitrogens with one attached hydrogen (secondary N) is 2. The number of aryl methyl sites for hydroxylation is 1. The number of hydrogen-bond donors (Lipinski definition) is 2. The smallest absolute Gasteiger partial charge is 0.116 e. The van der Waals surface area contributed by atoms with Gasteiger partial charge in [0, 0.05) is 0 Å². The number of nitrogens with zero attached hydrogens (tertiary/aromatic N) is 3. The molecule has 2 aromatic carbocycles. The van der Waals surface area contributed by atoms with Crippen LogP contribution in [0.15, 0.2) is 42.7 Å². The summed E-state index contributed by atoms with van der Waals surface area (Å²) >= 11 is 0. The van der Waals surface area contributed by atoms with Crippen LogP contribution >= 0.6 is 9.24 Å². The molecule has 6 heteroatoms. The van der Waals surface area contributed by atoms with Gasteiger partial charge in [0.2, 0.25) is 0 Å². The summed E-state index contributed by atoms with van der Waals surface area (Å²) in [7, 11) is 2.65. The number of aromatic amines is 2. The van der Waals surface area contributed by atoms with Crippen molar-refractivity contribution in [1.29, 1.82) is 0 Å². The fourth-order valence-electron chi connectivity index (χ4n) is 2.20. The third kappa shape index (κ3) is 2.78. The van der Waals surface area contributed by atoms with E-state index in [0.717, 1.165) is 33.8 Å². The third-order valence-corrected chi connectivity index (χ3v) is 3.76. The molecule has 0 aliphatic heterocycles. The highest BCUT2D eigenvalue weighted by atomic mass is 31.0. The molecule has 5 nitrogen and oxygen atoms in total. The van der Waals surface area contributed by atoms with Crippen LogP contribution in [-0.2, 0) is 6.42 Å². The van der Waals surface area contributed by atoms with Crippen molar-refractivity contribution in [2.75, 3.05) is 0 Å². The van der Waals surface area contributed by atoms with Crippen LogP contribution in [0.25, 0.3) is 22.1 Å². The van der Waals surface area contributed by atoms with Gasteiger partial charge >= 0.3 is 0 Å². The monoisotopic (exact) mass is 297 g/mol. The number of fused-ring (bicyclic) bond motifs is 2. The van der Waals surface area contributed by atoms with Gasteiger partial charge in [-0.05, 0) is 29.4 Å². The second-order valence-electron chi connectivity index (χ2n) is 4.61. The molecule has 0 bridgehead atoms. The zero-order valence-electron chi connectivity index (χ0n) is 11.7. The second-order valence-corrected chi connectivity index (χ2v) is 5.23. The van der Waals surface area contributed by atoms with E-state index in [-0.39, 0.29) is 0 Å². The minimum Gasteiger partial charge on any atom is -0.345 e. The molecule has 21 heavy (non-hydrogen) atoms. The Morgan fingerprint density at radius 1 is 1.05 bits per heavy atom. The number of para-hydroxylation sites is 2. The largest absolute Gasteiger partial charge is 0.345 e. The molecule has 0 spiro atoms. The Morgan fingerprint density at radius 3 is 2.71 bits per heavy atom. The number of benzene rings is 2. The van der Waals surface area contributed by atoms with E-state index in [1.165, 1.54) is 5.56 Å². The van der Waals surface area contributed by atoms with E-state index in [2.05, 4.69) is 47.6 Å². The lowest BCUT2D eigenvalue weighted by Crippen LogP contribution is -1.90. The fourth-order valence-corrected chi connectivity index (χ4v) is 2.54. The maximum atomic E-state index is 4.14. The standard InChI is InChI=1S/C8H9N3.C7H7N2P/c1-2-6-4-3-5-7-8(6)10-11-9-7;10-6-3-1-2-5-7(6)9-4-8-5/h3-5H,2H2,1H3,(H,9,10,11);1-4H,10H2,(H,8,9). The zero-order valence-corrected chi connectivity index (χ0v) is 12.8. The maximum Gasteiger partial charge on any atom is 0.116 e. The van der Waals surface area contributed by atoms with Crippen molar-refractivity contribution in [3.63, 3.8) is 0 Å². The summed E-state index contributed by atoms with van der Waals surface area (Å²) in [5.74, 6) is 0. The van der Waals surface area contributed by atoms with Gasteiger partial charge in [0.1, 0.15) is 11.0 Å². The van der Waals surface area contributed by atoms with Gasteiger partial charge in [0.15, 0.2) is 0 Å². The van der Waals surface area contributed by atoms with Gasteiger partial charge in [0.05, 0.1) is 17.4 Å². The molecule has 0 saturated heterocycles. The molecular weight excluding hydrogens is 281 g/mol. The second kappa shape index (κ2) is 6.02. The quantitative estimate of drug-likeness (QED) is 0.530. The van der Waals surface area contributed by atoms with E-state index in [1.807, 2.05) is 30.3 Å². The number of hydrogen-bond acceptors (Lipinski definition) is 3. The minimum absolute atomic E-state index is 0.948. The van der Waals surface area contributed by atoms with E-state index in [9.17, 15) is 0 Å². The molecule has 2 aromatic heterocycles. The van der Waals surface area contributed by atoms with Crippen LogP contribution in [0, 0.1) is 0 Å². The van der Waals surface area contributed by atoms with Gasteiger partial charge in [-0.25, -0.2) is 4.98 Å². The van der Waals surface area contributed by atoms with Gasteiger partial charge in [-0.3, -0.25) is 0 Å². The summed E-state index contributed by atoms with van der Waals surface area (Å²) in [4.78, 5) is 7.18. The van der Waals surface area contributed by atoms with Gasteiger partial charge in [-0.15, -0.1) is 9.24 Å². The van der Waals surface area contributed by atoms with Crippen molar-refractivity contribution in [3.05, 3.63) is 48.3 Å². The van der Waals surface area contributed by atoms with Crippen LogP contribution in [0.5, 0.6) is 0 Å². The molecule has 1 atom stereocenters. The van der Waals surface area contributed by atoms with E-state index in [4.69, 9.17) is 0 Å². The molecule has 2 N–H and O–H groups in total. The average molecular weight is 297 g/mol. The topological polar surface area (TPSA) is 70.2 Å². The summed E-state index contributed by atoms with van der Waals surface area (Å²) < 4.78 is 0. The average Bonchev–Trinajstić information content (AvgIpc) is 3.16. The van der Waals surface area contributed by atoms with Crippen molar-refractivity contribution < 1.29 is 0 Å². The van der Waals surface area contributed by atoms with Crippen LogP contribution in [0.1, 0.15) is 12.5 Å². The number of aromatic nitrogens is 5. The lowest BCUT2D eigenvalue weighted by Gasteiger charge is -1.93. The molecular formula is C15H16N5P. The molecule has 4 aromatic rings. The molecule has 106 valence electrons. The molecule has 0 amide bonds. The van der Waals surface area contributed by atoms with E-state index >= 15 is 0 Å². The van der Waals surface area contributed by atoms with Crippen LogP contribution in [0.2, 0.25) is 0 Å². The molecule has 0 saturated carbocycles. The SMILES string of the molecule is CCc1cccc2n[nH]nc12.Pc1cccc2[nH]cnc12. The zero-order chi connectivity index (χ0) is 14.7. The normalized spacial score (nSPS) is 10.6. The molecule has 4 rings (SSSR count). The molecule has 2 heterocycles. The Balaban J connectivity index is 0.000000126. The van der Waals surface area contributed by atoms with Crippen molar-refractivity contribution >= 4 is 36.6 Å². The van der Waals surface area contributed by atoms with Gasteiger partial charge in [0.25, 0.3) is 0 Å². The van der Waals surface area contributed by atoms with Gasteiger partial charge in [-0.2, -0.15) is 15.4 Å². The summed E-state index contributed by atoms with van der Waals surface area (Å²) in [5.41, 5.74) is 5.32. The van der Waals surface area contributed by atoms with Crippen LogP contribution in [-0.4, -0.2) is 25.4 Å². The first-order valence-electron chi connectivity index (χ1n) is 6.75. The third-order valence-electron chi connectivity index (χ3n) is 3.29. The minimum atomic E-state index is 0.948. The number of H-pyrrole nitrogens is 2. The molecule has 0 aliphatic carbocycles. The highest BCUT2D eigenvalue weighted by Crippen LogP contribution is 2.13. The Kier molecular flexibility index (Phi) is 3.93. The van der Waals surface area contributed by atoms with Crippen molar-refractivity contribution in [2.45, 2.75) is 13.3 Å². The first-order chi connectivity index (χ1) is 10.3. The molecule has 0 fully saturated rings. The highest BCUT2D eigenvalue weighted by molar-refractivity contribution is 7.28. The summed E-state index contributed by atoms with van der Waals surface area (Å²) in [6, 6.07) is 12.1. The number of imidazole rings is 1. The van der Waals surface area contributed by atoms with Gasteiger partial charge < -0.3 is 4.98 Å². The van der Waals surface area contributed by atoms with E-state index in [1.54, 1.807) is 6.33 Å². The first-order valence-corrected chi connectivity index (χ1v) is 7.33. The number of rotatable bonds is 1. The Labute approximate surface area is 124 Å². The van der Waals surface area contributed by atoms with E-state index in [0.29, 0.717) is 0 Å². The molecule has 0 radical (unpaired) electrons. The first kappa shape index (κ1) is 13.7. The maximum absolute atomic E-state index is 4.14. The Morgan fingerprint density at radius 2 is 1.90 bits per heavy atom. The Bertz CT molecular complexity index is 864. The lowest BCUT2D eigenvalue weighted by atomic mass is 10.1. The molecule has 1 unspecified atom stereocenters. The van der Waals surface area contributed by atoms with Crippen molar-refractivity contribution in [3.8, 4) is 0 Å². The lowest BCUT2D eigenvalue weighted by molar-refractivity contribution is 0.956. The van der Waals surface area contributed by atoms with Crippen LogP contribution in [0.4, 0.5) is 0 Å². The van der Waals surface area contributed by atoms with Gasteiger partial charge in [-0.1, -0.05) is 31.2 Å². The van der Waals surface area contributed by atoms with Crippen LogP contribution < -0.4 is 5.30 Å².